The number of nitrogens with two attached hydrogens (primary N) is 1. The first-order valence-electron chi connectivity index (χ1n) is 3.46. The van der Waals surface area contributed by atoms with Gasteiger partial charge in [-0.2, -0.15) is 0 Å². The molecule has 0 fully saturated rings. The second kappa shape index (κ2) is 4.80. The molecule has 3 N–H and O–H groups in total. The molecular weight excluding hydrogens is 190 g/mol. The van der Waals surface area contributed by atoms with Crippen LogP contribution in [-0.2, 0) is 14.3 Å². The largest absolute Gasteiger partial charge is 0.478 e. The molecule has 0 aromatic heterocycles. The van der Waals surface area contributed by atoms with Crippen LogP contribution in [0.4, 0.5) is 4.79 Å². The summed E-state index contributed by atoms with van der Waals surface area (Å²) < 4.78 is 3.99. The number of amides is 1. The summed E-state index contributed by atoms with van der Waals surface area (Å²) in [6.45, 7) is 4.43. The molecule has 0 spiro atoms. The van der Waals surface area contributed by atoms with Crippen LogP contribution in [0.2, 0.25) is 0 Å². The smallest absolute Gasteiger partial charge is 0.412 e. The third-order valence-corrected chi connectivity index (χ3v) is 1.18. The van der Waals surface area contributed by atoms with Crippen molar-refractivity contribution in [1.29, 1.82) is 0 Å². The van der Waals surface area contributed by atoms with Gasteiger partial charge >= 0.3 is 18.0 Å². The Morgan fingerprint density at radius 2 is 1.93 bits per heavy atom. The maximum Gasteiger partial charge on any atom is 0.412 e. The zero-order valence-corrected chi connectivity index (χ0v) is 7.44. The van der Waals surface area contributed by atoms with Crippen molar-refractivity contribution >= 4 is 18.0 Å². The second-order valence-electron chi connectivity index (χ2n) is 2.37. The molecular formula is C8H9NO5. The van der Waals surface area contributed by atoms with Gasteiger partial charge in [-0.3, -0.25) is 0 Å². The van der Waals surface area contributed by atoms with Crippen LogP contribution in [0, 0.1) is 0 Å². The molecule has 0 radical (unpaired) electrons. The predicted molar refractivity (Wildman–Crippen MR) is 46.2 cm³/mol. The second-order valence-corrected chi connectivity index (χ2v) is 2.37. The van der Waals surface area contributed by atoms with E-state index in [-0.39, 0.29) is 11.1 Å². The Kier molecular flexibility index (Phi) is 4.08. The Bertz CT molecular complexity index is 329. The summed E-state index contributed by atoms with van der Waals surface area (Å²) in [4.78, 5) is 31.3. The van der Waals surface area contributed by atoms with E-state index in [1.165, 1.54) is 6.92 Å². The molecule has 0 aliphatic heterocycles. The average Bonchev–Trinajstić information content (AvgIpc) is 2.02. The average molecular weight is 199 g/mol. The Balaban J connectivity index is 4.53. The molecule has 6 heteroatoms. The Labute approximate surface area is 79.6 Å². The molecule has 1 amide bonds. The minimum atomic E-state index is -1.27. The van der Waals surface area contributed by atoms with E-state index in [1.54, 1.807) is 0 Å². The summed E-state index contributed by atoms with van der Waals surface area (Å²) >= 11 is 0. The number of carboxylic acid groups (broad SMARTS) is 1. The van der Waals surface area contributed by atoms with Gasteiger partial charge in [0, 0.05) is 5.57 Å². The lowest BCUT2D eigenvalue weighted by Gasteiger charge is -1.99. The maximum atomic E-state index is 10.9. The Morgan fingerprint density at radius 3 is 2.29 bits per heavy atom. The van der Waals surface area contributed by atoms with E-state index in [0.717, 1.165) is 6.08 Å². The number of carboxylic acids is 1. The SMILES string of the molecule is C=C(/C=C(\C)C(=O)OC(N)=O)C(=O)O. The van der Waals surface area contributed by atoms with E-state index in [9.17, 15) is 14.4 Å². The number of rotatable bonds is 3. The Hall–Kier alpha value is -2.11. The minimum absolute atomic E-state index is 0.0730. The molecule has 0 aromatic carbocycles. The van der Waals surface area contributed by atoms with Gasteiger partial charge in [0.15, 0.2) is 0 Å². The van der Waals surface area contributed by atoms with Crippen LogP contribution in [0.1, 0.15) is 6.92 Å². The number of esters is 1. The van der Waals surface area contributed by atoms with Gasteiger partial charge < -0.3 is 15.6 Å². The fourth-order valence-electron chi connectivity index (χ4n) is 0.554. The predicted octanol–water partition coefficient (Wildman–Crippen LogP) is 0.195. The molecule has 0 saturated carbocycles. The standard InChI is InChI=1S/C8H9NO5/c1-4(6(10)11)3-5(2)7(12)14-8(9)13/h3H,1H2,2H3,(H2,9,13)(H,10,11)/b5-3+. The highest BCUT2D eigenvalue weighted by Gasteiger charge is 2.10. The van der Waals surface area contributed by atoms with E-state index >= 15 is 0 Å². The van der Waals surface area contributed by atoms with Crippen molar-refractivity contribution in [3.63, 3.8) is 0 Å². The first-order chi connectivity index (χ1) is 6.34. The number of carbonyl (C=O) groups excluding carboxylic acids is 2. The van der Waals surface area contributed by atoms with Gasteiger partial charge in [-0.05, 0) is 13.0 Å². The van der Waals surface area contributed by atoms with E-state index in [1.807, 2.05) is 0 Å². The van der Waals surface area contributed by atoms with Crippen LogP contribution >= 0.6 is 0 Å². The molecule has 6 nitrogen and oxygen atoms in total. The van der Waals surface area contributed by atoms with Crippen LogP contribution in [0.25, 0.3) is 0 Å². The molecule has 0 heterocycles. The van der Waals surface area contributed by atoms with Crippen LogP contribution in [0.15, 0.2) is 23.8 Å². The van der Waals surface area contributed by atoms with Gasteiger partial charge in [0.1, 0.15) is 0 Å². The molecule has 0 aliphatic rings. The lowest BCUT2D eigenvalue weighted by molar-refractivity contribution is -0.132. The summed E-state index contributed by atoms with van der Waals surface area (Å²) in [6.07, 6.45) is -0.267. The number of aliphatic carboxylic acids is 1. The van der Waals surface area contributed by atoms with Crippen molar-refractivity contribution in [2.24, 2.45) is 5.73 Å². The quantitative estimate of drug-likeness (QED) is 0.292. The van der Waals surface area contributed by atoms with Crippen LogP contribution in [0.5, 0.6) is 0 Å². The van der Waals surface area contributed by atoms with Crippen molar-refractivity contribution in [1.82, 2.24) is 0 Å². The van der Waals surface area contributed by atoms with Gasteiger partial charge in [0.2, 0.25) is 0 Å². The van der Waals surface area contributed by atoms with Crippen LogP contribution in [0.3, 0.4) is 0 Å². The fourth-order valence-corrected chi connectivity index (χ4v) is 0.554. The lowest BCUT2D eigenvalue weighted by Crippen LogP contribution is -2.19. The highest BCUT2D eigenvalue weighted by atomic mass is 16.6. The molecule has 0 atom stereocenters. The van der Waals surface area contributed by atoms with Crippen LogP contribution < -0.4 is 5.73 Å². The van der Waals surface area contributed by atoms with Gasteiger partial charge in [-0.15, -0.1) is 0 Å². The zero-order chi connectivity index (χ0) is 11.3. The highest BCUT2D eigenvalue weighted by Crippen LogP contribution is 2.02. The van der Waals surface area contributed by atoms with E-state index in [0.29, 0.717) is 0 Å². The van der Waals surface area contributed by atoms with E-state index < -0.39 is 18.0 Å². The normalized spacial score (nSPS) is 10.5. The molecule has 0 aromatic rings. The zero-order valence-electron chi connectivity index (χ0n) is 7.44. The number of carbonyl (C=O) groups is 3. The molecule has 0 aliphatic carbocycles. The number of ether oxygens (including phenoxy) is 1. The van der Waals surface area contributed by atoms with Gasteiger partial charge in [0.05, 0.1) is 5.57 Å². The molecule has 76 valence electrons. The molecule has 14 heavy (non-hydrogen) atoms. The van der Waals surface area contributed by atoms with Crippen molar-refractivity contribution in [3.8, 4) is 0 Å². The first-order valence-corrected chi connectivity index (χ1v) is 3.46. The summed E-state index contributed by atoms with van der Waals surface area (Å²) in [5.74, 6) is -2.27. The minimum Gasteiger partial charge on any atom is -0.478 e. The molecule has 0 saturated heterocycles. The number of hydrogen-bond acceptors (Lipinski definition) is 4. The van der Waals surface area contributed by atoms with E-state index in [4.69, 9.17) is 5.11 Å². The van der Waals surface area contributed by atoms with Crippen LogP contribution in [-0.4, -0.2) is 23.1 Å². The van der Waals surface area contributed by atoms with Crippen molar-refractivity contribution in [2.45, 2.75) is 6.92 Å². The summed E-state index contributed by atoms with van der Waals surface area (Å²) in [6, 6.07) is 0. The first kappa shape index (κ1) is 11.9. The summed E-state index contributed by atoms with van der Waals surface area (Å²) in [5, 5.41) is 8.41. The van der Waals surface area contributed by atoms with Gasteiger partial charge in [-0.1, -0.05) is 6.58 Å². The lowest BCUT2D eigenvalue weighted by atomic mass is 10.2. The fraction of sp³-hybridized carbons (Fsp3) is 0.125. The van der Waals surface area contributed by atoms with Crippen molar-refractivity contribution in [2.75, 3.05) is 0 Å². The van der Waals surface area contributed by atoms with Gasteiger partial charge in [-0.25, -0.2) is 14.4 Å². The monoisotopic (exact) mass is 199 g/mol. The topological polar surface area (TPSA) is 107 Å². The summed E-state index contributed by atoms with van der Waals surface area (Å²) in [5.41, 5.74) is 4.21. The third kappa shape index (κ3) is 4.05. The molecule has 0 bridgehead atoms. The maximum absolute atomic E-state index is 10.9. The van der Waals surface area contributed by atoms with Gasteiger partial charge in [0.25, 0.3) is 0 Å². The van der Waals surface area contributed by atoms with Crippen molar-refractivity contribution in [3.05, 3.63) is 23.8 Å². The number of hydrogen-bond donors (Lipinski definition) is 2. The number of primary amides is 1. The van der Waals surface area contributed by atoms with E-state index in [2.05, 4.69) is 17.0 Å². The summed E-state index contributed by atoms with van der Waals surface area (Å²) in [7, 11) is 0. The highest BCUT2D eigenvalue weighted by molar-refractivity contribution is 5.98. The molecule has 0 unspecified atom stereocenters. The third-order valence-electron chi connectivity index (χ3n) is 1.18. The van der Waals surface area contributed by atoms with Crippen molar-refractivity contribution < 1.29 is 24.2 Å². The molecule has 0 rings (SSSR count). The Morgan fingerprint density at radius 1 is 1.43 bits per heavy atom.